The first-order valence-electron chi connectivity index (χ1n) is 31.5. The normalized spacial score (nSPS) is 19.3. The van der Waals surface area contributed by atoms with Gasteiger partial charge in [-0.05, 0) is 40.0 Å². The van der Waals surface area contributed by atoms with Crippen LogP contribution in [0.2, 0.25) is 0 Å². The molecular weight excluding hydrogens is 1130 g/mol. The number of phosphoric ester groups is 1. The second-order valence-corrected chi connectivity index (χ2v) is 23.9. The number of carbonyl (C=O) groups excluding carboxylic acids is 8. The molecule has 494 valence electrons. The number of primary amides is 2. The van der Waals surface area contributed by atoms with E-state index in [0.717, 1.165) is 63.2 Å². The van der Waals surface area contributed by atoms with Crippen molar-refractivity contribution in [2.45, 2.75) is 295 Å². The van der Waals surface area contributed by atoms with E-state index < -0.39 is 162 Å². The summed E-state index contributed by atoms with van der Waals surface area (Å²) in [5, 5.41) is 38.1. The van der Waals surface area contributed by atoms with E-state index >= 15 is 0 Å². The molecule has 0 aromatic rings. The molecule has 1 aliphatic rings. The summed E-state index contributed by atoms with van der Waals surface area (Å²) in [5.74, 6) is -6.63. The molecule has 0 aliphatic carbocycles. The average Bonchev–Trinajstić information content (AvgIpc) is 3.47. The molecule has 25 nitrogen and oxygen atoms in total. The fourth-order valence-electron chi connectivity index (χ4n) is 9.68. The van der Waals surface area contributed by atoms with E-state index in [1.807, 2.05) is 0 Å². The summed E-state index contributed by atoms with van der Waals surface area (Å²) in [7, 11) is -5.04. The highest BCUT2D eigenvalue weighted by Crippen LogP contribution is 2.43. The average molecular weight is 1240 g/mol. The van der Waals surface area contributed by atoms with Crippen molar-refractivity contribution in [2.75, 3.05) is 33.0 Å². The number of nitrogens with zero attached hydrogens (tertiary/aromatic N) is 1. The van der Waals surface area contributed by atoms with Gasteiger partial charge < -0.3 is 71.5 Å². The quantitative estimate of drug-likeness (QED) is 0.0196. The molecule has 1 saturated heterocycles. The van der Waals surface area contributed by atoms with Crippen LogP contribution >= 0.6 is 7.82 Å². The van der Waals surface area contributed by atoms with Crippen LogP contribution in [0.15, 0.2) is 0 Å². The Kier molecular flexibility index (Phi) is 43.3. The Labute approximate surface area is 505 Å². The number of nitrogens with one attached hydrogen (secondary N) is 3. The Hall–Kier alpha value is -4.33. The third kappa shape index (κ3) is 36.6. The summed E-state index contributed by atoms with van der Waals surface area (Å²) in [5.41, 5.74) is 11.0. The molecule has 1 fully saturated rings. The first-order valence-corrected chi connectivity index (χ1v) is 33.0. The Morgan fingerprint density at radius 1 is 0.647 bits per heavy atom. The molecule has 1 unspecified atom stereocenters. The standard InChI is InChI=1S/C59H109N6O19P/c1-7-9-11-13-15-17-19-21-23-25-27-29-31-33-50(69)79-40-46(83-51(70)34-32-30-28-26-24-22-20-18-16-14-12-10-8-2)41-81-85(77,78)80-38-37-65(43(4)55(61)72)58(75)47(35-36-49(60)68)64-56(73)42(3)62-57(74)44(5)82-54-52(63-45(6)67)59(76)84-48(39-66)53(54)71/h42-44,46-48,52-54,59,66,71,76H,7-41H2,1-6H3,(H2,60,68)(H2,61,72)(H,62,74)(H,63,67)(H,64,73)(H,77,78)/t42-,43-,44+,46+,47+,48+,52+,53+,54+,59+/m0/s1. The van der Waals surface area contributed by atoms with Gasteiger partial charge in [0.05, 0.1) is 19.8 Å². The smallest absolute Gasteiger partial charge is 0.462 e. The topological polar surface area (TPSA) is 381 Å². The van der Waals surface area contributed by atoms with Crippen LogP contribution in [-0.4, -0.2) is 166 Å². The number of aliphatic hydroxyl groups excluding tert-OH is 3. The molecule has 0 bridgehead atoms. The third-order valence-corrected chi connectivity index (χ3v) is 15.9. The third-order valence-electron chi connectivity index (χ3n) is 14.9. The van der Waals surface area contributed by atoms with Gasteiger partial charge in [0.1, 0.15) is 55.2 Å². The first-order chi connectivity index (χ1) is 40.5. The van der Waals surface area contributed by atoms with E-state index in [1.54, 1.807) is 0 Å². The zero-order chi connectivity index (χ0) is 63.6. The summed E-state index contributed by atoms with van der Waals surface area (Å²) in [4.78, 5) is 115. The minimum atomic E-state index is -5.04. The van der Waals surface area contributed by atoms with Crippen molar-refractivity contribution in [3.63, 3.8) is 0 Å². The molecule has 1 rings (SSSR count). The van der Waals surface area contributed by atoms with Crippen molar-refractivity contribution in [2.24, 2.45) is 11.5 Å². The molecule has 0 spiro atoms. The van der Waals surface area contributed by atoms with Gasteiger partial charge in [-0.2, -0.15) is 0 Å². The molecule has 6 amide bonds. The number of ether oxygens (including phenoxy) is 4. The largest absolute Gasteiger partial charge is 0.472 e. The Bertz CT molecular complexity index is 1970. The molecule has 1 heterocycles. The van der Waals surface area contributed by atoms with Crippen LogP contribution in [-0.2, 0) is 70.9 Å². The van der Waals surface area contributed by atoms with E-state index in [1.165, 1.54) is 124 Å². The van der Waals surface area contributed by atoms with Gasteiger partial charge in [-0.15, -0.1) is 0 Å². The fourth-order valence-corrected chi connectivity index (χ4v) is 10.4. The van der Waals surface area contributed by atoms with Gasteiger partial charge >= 0.3 is 19.8 Å². The number of hydrogen-bond donors (Lipinski definition) is 9. The second-order valence-electron chi connectivity index (χ2n) is 22.5. The van der Waals surface area contributed by atoms with E-state index in [4.69, 9.17) is 39.5 Å². The molecule has 1 aliphatic heterocycles. The number of aliphatic hydroxyl groups is 3. The monoisotopic (exact) mass is 1240 g/mol. The second kappa shape index (κ2) is 46.8. The number of carbonyl (C=O) groups is 8. The maximum atomic E-state index is 14.2. The predicted octanol–water partition coefficient (Wildman–Crippen LogP) is 5.84. The minimum absolute atomic E-state index is 0.0591. The van der Waals surface area contributed by atoms with Crippen LogP contribution in [0.1, 0.15) is 234 Å². The van der Waals surface area contributed by atoms with Crippen molar-refractivity contribution in [3.8, 4) is 0 Å². The van der Waals surface area contributed by atoms with Crippen LogP contribution in [0, 0.1) is 0 Å². The van der Waals surface area contributed by atoms with E-state index in [2.05, 4.69) is 29.8 Å². The predicted molar refractivity (Wildman–Crippen MR) is 317 cm³/mol. The number of hydrogen-bond acceptors (Lipinski definition) is 18. The van der Waals surface area contributed by atoms with Gasteiger partial charge in [-0.3, -0.25) is 47.4 Å². The lowest BCUT2D eigenvalue weighted by Gasteiger charge is -2.43. The van der Waals surface area contributed by atoms with Gasteiger partial charge in [0.25, 0.3) is 0 Å². The minimum Gasteiger partial charge on any atom is -0.462 e. The van der Waals surface area contributed by atoms with Crippen LogP contribution in [0.5, 0.6) is 0 Å². The van der Waals surface area contributed by atoms with Gasteiger partial charge in [0, 0.05) is 32.7 Å². The summed E-state index contributed by atoms with van der Waals surface area (Å²) >= 11 is 0. The number of amides is 6. The zero-order valence-corrected chi connectivity index (χ0v) is 52.9. The van der Waals surface area contributed by atoms with Gasteiger partial charge in [-0.25, -0.2) is 4.57 Å². The maximum absolute atomic E-state index is 14.2. The first kappa shape index (κ1) is 78.7. The van der Waals surface area contributed by atoms with E-state index in [9.17, 15) is 63.1 Å². The van der Waals surface area contributed by atoms with Crippen LogP contribution in [0.25, 0.3) is 0 Å². The molecule has 0 radical (unpaired) electrons. The zero-order valence-electron chi connectivity index (χ0n) is 52.0. The molecule has 0 saturated carbocycles. The highest BCUT2D eigenvalue weighted by Gasteiger charge is 2.47. The number of unbranched alkanes of at least 4 members (excludes halogenated alkanes) is 24. The lowest BCUT2D eigenvalue weighted by molar-refractivity contribution is -0.266. The molecule has 0 aromatic carbocycles. The van der Waals surface area contributed by atoms with Crippen molar-refractivity contribution >= 4 is 55.2 Å². The van der Waals surface area contributed by atoms with Crippen LogP contribution < -0.4 is 27.4 Å². The van der Waals surface area contributed by atoms with Crippen molar-refractivity contribution in [1.82, 2.24) is 20.9 Å². The fraction of sp³-hybridized carbons (Fsp3) is 0.864. The maximum Gasteiger partial charge on any atom is 0.472 e. The van der Waals surface area contributed by atoms with E-state index in [0.29, 0.717) is 12.8 Å². The van der Waals surface area contributed by atoms with Crippen molar-refractivity contribution in [3.05, 3.63) is 0 Å². The SMILES string of the molecule is CCCCCCCCCCCCCCCC(=O)OC[C@H](COP(=O)(O)OCCN(C(=O)[C@@H](CCC(N)=O)NC(=O)[C@H](C)NC(=O)[C@@H](C)O[C@H]1[C@H](O)[C@@H](CO)O[C@@H](O)[C@@H]1NC(C)=O)[C@@H](C)C(N)=O)OC(=O)CCCCCCCCCCCCCCC. The van der Waals surface area contributed by atoms with Gasteiger partial charge in [0.2, 0.25) is 35.4 Å². The molecule has 0 aromatic heterocycles. The number of rotatable bonds is 52. The molecule has 11 N–H and O–H groups in total. The summed E-state index contributed by atoms with van der Waals surface area (Å²) in [6.45, 7) is 5.93. The highest BCUT2D eigenvalue weighted by atomic mass is 31.2. The number of esters is 2. The molecule has 26 heteroatoms. The van der Waals surface area contributed by atoms with Crippen LogP contribution in [0.3, 0.4) is 0 Å². The summed E-state index contributed by atoms with van der Waals surface area (Å²) in [6, 6.07) is -5.85. The molecular formula is C59H109N6O19P. The van der Waals surface area contributed by atoms with Crippen molar-refractivity contribution in [1.29, 1.82) is 0 Å². The number of phosphoric acid groups is 1. The Morgan fingerprint density at radius 3 is 1.59 bits per heavy atom. The van der Waals surface area contributed by atoms with Crippen LogP contribution in [0.4, 0.5) is 0 Å². The Balaban J connectivity index is 2.99. The number of nitrogens with two attached hydrogens (primary N) is 2. The summed E-state index contributed by atoms with van der Waals surface area (Å²) in [6.07, 6.45) is 19.6. The molecule has 85 heavy (non-hydrogen) atoms. The highest BCUT2D eigenvalue weighted by molar-refractivity contribution is 7.47. The van der Waals surface area contributed by atoms with Gasteiger partial charge in [0.15, 0.2) is 12.4 Å². The molecule has 11 atom stereocenters. The van der Waals surface area contributed by atoms with E-state index in [-0.39, 0.29) is 12.8 Å². The Morgan fingerprint density at radius 2 is 1.13 bits per heavy atom. The van der Waals surface area contributed by atoms with Crippen molar-refractivity contribution < 1.29 is 91.1 Å². The lowest BCUT2D eigenvalue weighted by atomic mass is 9.96. The lowest BCUT2D eigenvalue weighted by Crippen LogP contribution is -2.65. The summed E-state index contributed by atoms with van der Waals surface area (Å²) < 4.78 is 45.6. The van der Waals surface area contributed by atoms with Gasteiger partial charge in [-0.1, -0.05) is 168 Å².